The molecular weight excluding hydrogens is 283 g/mol. The van der Waals surface area contributed by atoms with Crippen LogP contribution in [0.3, 0.4) is 0 Å². The van der Waals surface area contributed by atoms with Crippen LogP contribution in [0.5, 0.6) is 0 Å². The molecule has 0 amide bonds. The average Bonchev–Trinajstić information content (AvgIpc) is 2.06. The molecule has 14 heavy (non-hydrogen) atoms. The standard InChI is InChI=1S/C7HCl4F3/c8-4-2(7(9,10)11)1-3(12)5(13)6(4)14/h1H. The van der Waals surface area contributed by atoms with Crippen LogP contribution in [0.15, 0.2) is 6.07 Å². The molecule has 0 bridgehead atoms. The van der Waals surface area contributed by atoms with Crippen LogP contribution < -0.4 is 0 Å². The number of alkyl halides is 3. The molecule has 0 spiro atoms. The van der Waals surface area contributed by atoms with Crippen LogP contribution in [-0.4, -0.2) is 0 Å². The summed E-state index contributed by atoms with van der Waals surface area (Å²) in [5.41, 5.74) is -0.444. The quantitative estimate of drug-likeness (QED) is 0.371. The van der Waals surface area contributed by atoms with Gasteiger partial charge in [0.25, 0.3) is 0 Å². The van der Waals surface area contributed by atoms with E-state index in [1.165, 1.54) is 0 Å². The average molecular weight is 284 g/mol. The van der Waals surface area contributed by atoms with Gasteiger partial charge in [-0.2, -0.15) is 0 Å². The molecule has 1 rings (SSSR count). The maximum atomic E-state index is 12.9. The Morgan fingerprint density at radius 2 is 1.50 bits per heavy atom. The lowest BCUT2D eigenvalue weighted by Gasteiger charge is -2.13. The summed E-state index contributed by atoms with van der Waals surface area (Å²) in [6.07, 6.45) is 0. The Balaban J connectivity index is 3.49. The van der Waals surface area contributed by atoms with Crippen LogP contribution >= 0.6 is 46.4 Å². The van der Waals surface area contributed by atoms with Gasteiger partial charge in [0.15, 0.2) is 17.5 Å². The number of benzene rings is 1. The van der Waals surface area contributed by atoms with Crippen LogP contribution in [0, 0.1) is 17.5 Å². The molecule has 1 aromatic rings. The Hall–Kier alpha value is 0.170. The number of rotatable bonds is 0. The van der Waals surface area contributed by atoms with E-state index in [1.54, 1.807) is 0 Å². The van der Waals surface area contributed by atoms with Gasteiger partial charge in [-0.25, -0.2) is 13.2 Å². The first kappa shape index (κ1) is 12.2. The molecule has 0 unspecified atom stereocenters. The van der Waals surface area contributed by atoms with Gasteiger partial charge in [0.05, 0.1) is 5.02 Å². The molecule has 0 aliphatic heterocycles. The van der Waals surface area contributed by atoms with Crippen molar-refractivity contribution in [1.29, 1.82) is 0 Å². The Labute approximate surface area is 97.5 Å². The van der Waals surface area contributed by atoms with E-state index in [1.807, 2.05) is 0 Å². The predicted octanol–water partition coefficient (Wildman–Crippen LogP) is 4.58. The van der Waals surface area contributed by atoms with Crippen molar-refractivity contribution in [3.05, 3.63) is 34.1 Å². The first-order valence-electron chi connectivity index (χ1n) is 3.15. The summed E-state index contributed by atoms with van der Waals surface area (Å²) in [4.78, 5) is 0. The van der Waals surface area contributed by atoms with Crippen LogP contribution in [0.2, 0.25) is 5.02 Å². The number of halogens is 7. The van der Waals surface area contributed by atoms with Gasteiger partial charge in [-0.1, -0.05) is 46.4 Å². The molecule has 0 N–H and O–H groups in total. The van der Waals surface area contributed by atoms with Crippen molar-refractivity contribution in [2.45, 2.75) is 3.79 Å². The zero-order valence-corrected chi connectivity index (χ0v) is 9.25. The summed E-state index contributed by atoms with van der Waals surface area (Å²) in [5.74, 6) is -4.74. The predicted molar refractivity (Wildman–Crippen MR) is 50.6 cm³/mol. The van der Waals surface area contributed by atoms with Gasteiger partial charge < -0.3 is 0 Å². The highest BCUT2D eigenvalue weighted by atomic mass is 35.6. The molecule has 7 heteroatoms. The van der Waals surface area contributed by atoms with Crippen molar-refractivity contribution in [2.24, 2.45) is 0 Å². The lowest BCUT2D eigenvalue weighted by molar-refractivity contribution is 0.445. The van der Waals surface area contributed by atoms with E-state index in [0.717, 1.165) is 0 Å². The lowest BCUT2D eigenvalue weighted by Crippen LogP contribution is -2.06. The number of hydrogen-bond acceptors (Lipinski definition) is 0. The summed E-state index contributed by atoms with van der Waals surface area (Å²) in [6, 6.07) is 0.535. The maximum absolute atomic E-state index is 12.9. The maximum Gasteiger partial charge on any atom is 0.217 e. The fraction of sp³-hybridized carbons (Fsp3) is 0.143. The van der Waals surface area contributed by atoms with Crippen molar-refractivity contribution >= 4 is 46.4 Å². The Kier molecular flexibility index (Phi) is 3.47. The molecule has 1 aromatic carbocycles. The molecular formula is C7HCl4F3. The van der Waals surface area contributed by atoms with E-state index in [-0.39, 0.29) is 0 Å². The summed E-state index contributed by atoms with van der Waals surface area (Å²) in [6.45, 7) is 0. The SMILES string of the molecule is Fc1cc(C(Cl)(Cl)Cl)c(Cl)c(F)c1F. The molecule has 0 nitrogen and oxygen atoms in total. The monoisotopic (exact) mass is 282 g/mol. The minimum absolute atomic E-state index is 0.444. The van der Waals surface area contributed by atoms with Crippen LogP contribution in [0.1, 0.15) is 5.56 Å². The van der Waals surface area contributed by atoms with Crippen molar-refractivity contribution < 1.29 is 13.2 Å². The highest BCUT2D eigenvalue weighted by Crippen LogP contribution is 2.43. The largest absolute Gasteiger partial charge is 0.217 e. The van der Waals surface area contributed by atoms with E-state index in [2.05, 4.69) is 0 Å². The normalized spacial score (nSPS) is 11.9. The fourth-order valence-corrected chi connectivity index (χ4v) is 1.65. The van der Waals surface area contributed by atoms with E-state index in [4.69, 9.17) is 46.4 Å². The molecule has 0 heterocycles. The van der Waals surface area contributed by atoms with E-state index in [0.29, 0.717) is 6.07 Å². The highest BCUT2D eigenvalue weighted by molar-refractivity contribution is 6.67. The Morgan fingerprint density at radius 1 is 1.00 bits per heavy atom. The molecule has 78 valence electrons. The second-order valence-electron chi connectivity index (χ2n) is 2.35. The van der Waals surface area contributed by atoms with Crippen molar-refractivity contribution in [1.82, 2.24) is 0 Å². The topological polar surface area (TPSA) is 0 Å². The van der Waals surface area contributed by atoms with Crippen molar-refractivity contribution in [3.8, 4) is 0 Å². The number of hydrogen-bond donors (Lipinski definition) is 0. The van der Waals surface area contributed by atoms with Gasteiger partial charge in [0, 0.05) is 5.56 Å². The third-order valence-corrected chi connectivity index (χ3v) is 2.39. The molecule has 0 aromatic heterocycles. The molecule has 0 saturated carbocycles. The first-order valence-corrected chi connectivity index (χ1v) is 4.66. The second kappa shape index (κ2) is 3.97. The zero-order valence-electron chi connectivity index (χ0n) is 6.22. The summed E-state index contributed by atoms with van der Waals surface area (Å²) in [7, 11) is 0. The second-order valence-corrected chi connectivity index (χ2v) is 5.00. The summed E-state index contributed by atoms with van der Waals surface area (Å²) >= 11 is 21.4. The zero-order chi connectivity index (χ0) is 11.1. The molecule has 0 radical (unpaired) electrons. The minimum Gasteiger partial charge on any atom is -0.204 e. The molecule has 0 aliphatic rings. The smallest absolute Gasteiger partial charge is 0.204 e. The third kappa shape index (κ3) is 2.22. The highest BCUT2D eigenvalue weighted by Gasteiger charge is 2.30. The first-order chi connectivity index (χ1) is 6.25. The van der Waals surface area contributed by atoms with E-state index >= 15 is 0 Å². The molecule has 0 fully saturated rings. The van der Waals surface area contributed by atoms with Crippen LogP contribution in [-0.2, 0) is 3.79 Å². The van der Waals surface area contributed by atoms with Gasteiger partial charge in [-0.05, 0) is 6.07 Å². The Bertz CT molecular complexity index is 372. The van der Waals surface area contributed by atoms with Gasteiger partial charge >= 0.3 is 0 Å². The Morgan fingerprint density at radius 3 is 1.93 bits per heavy atom. The van der Waals surface area contributed by atoms with Gasteiger partial charge in [0.1, 0.15) is 0 Å². The minimum atomic E-state index is -2.10. The van der Waals surface area contributed by atoms with Crippen LogP contribution in [0.25, 0.3) is 0 Å². The fourth-order valence-electron chi connectivity index (χ4n) is 0.779. The third-order valence-electron chi connectivity index (χ3n) is 1.41. The molecule has 0 aliphatic carbocycles. The summed E-state index contributed by atoms with van der Waals surface area (Å²) in [5, 5.41) is -0.746. The van der Waals surface area contributed by atoms with Gasteiger partial charge in [-0.15, -0.1) is 0 Å². The molecule has 0 saturated heterocycles. The van der Waals surface area contributed by atoms with Crippen LogP contribution in [0.4, 0.5) is 13.2 Å². The van der Waals surface area contributed by atoms with Crippen molar-refractivity contribution in [2.75, 3.05) is 0 Å². The lowest BCUT2D eigenvalue weighted by atomic mass is 10.2. The van der Waals surface area contributed by atoms with Gasteiger partial charge in [-0.3, -0.25) is 0 Å². The van der Waals surface area contributed by atoms with Gasteiger partial charge in [0.2, 0.25) is 3.79 Å². The van der Waals surface area contributed by atoms with E-state index < -0.39 is 31.8 Å². The van der Waals surface area contributed by atoms with E-state index in [9.17, 15) is 13.2 Å². The molecule has 0 atom stereocenters. The summed E-state index contributed by atoms with van der Waals surface area (Å²) < 4.78 is 36.1. The van der Waals surface area contributed by atoms with Crippen molar-refractivity contribution in [3.63, 3.8) is 0 Å².